The Kier molecular flexibility index (Phi) is 6.75. The molecular weight excluding hydrogens is 444 g/mol. The number of aromatic nitrogens is 2. The van der Waals surface area contributed by atoms with Crippen molar-refractivity contribution in [3.05, 3.63) is 60.5 Å². The molecule has 0 saturated carbocycles. The van der Waals surface area contributed by atoms with Crippen LogP contribution < -0.4 is 4.74 Å². The van der Waals surface area contributed by atoms with E-state index in [-0.39, 0.29) is 23.9 Å². The van der Waals surface area contributed by atoms with E-state index in [0.717, 1.165) is 11.3 Å². The van der Waals surface area contributed by atoms with Gasteiger partial charge in [-0.1, -0.05) is 23.4 Å². The summed E-state index contributed by atoms with van der Waals surface area (Å²) in [7, 11) is -0.381. The number of hydrogen-bond acceptors (Lipinski definition) is 7. The number of rotatable bonds is 7. The molecule has 1 amide bonds. The highest BCUT2D eigenvalue weighted by atomic mass is 32.2. The Hall–Kier alpha value is -3.24. The van der Waals surface area contributed by atoms with Crippen LogP contribution in [0.4, 0.5) is 0 Å². The van der Waals surface area contributed by atoms with Crippen LogP contribution in [0, 0.1) is 5.92 Å². The normalized spacial score (nSPS) is 17.0. The minimum atomic E-state index is -3.63. The van der Waals surface area contributed by atoms with E-state index in [2.05, 4.69) is 10.1 Å². The second-order valence-corrected chi connectivity index (χ2v) is 9.89. The summed E-state index contributed by atoms with van der Waals surface area (Å²) in [6.45, 7) is 0.699. The van der Waals surface area contributed by atoms with Gasteiger partial charge in [0.15, 0.2) is 0 Å². The molecule has 0 unspecified atom stereocenters. The van der Waals surface area contributed by atoms with E-state index < -0.39 is 15.9 Å². The molecule has 2 heterocycles. The standard InChI is InChI=1S/C23H26N4O5S/c1-26(16-21-24-22(25-32-21)17-10-12-19(31-2)13-11-17)23(28)18-7-6-14-27(15-18)33(29,30)20-8-4-3-5-9-20/h3-5,8-13,18H,6-7,14-16H2,1-2H3/t18-/m0/s1. The van der Waals surface area contributed by atoms with Crippen LogP contribution in [0.2, 0.25) is 0 Å². The average Bonchev–Trinajstić information content (AvgIpc) is 3.32. The Bertz CT molecular complexity index is 1200. The zero-order valence-electron chi connectivity index (χ0n) is 18.5. The van der Waals surface area contributed by atoms with Crippen LogP contribution in [-0.2, 0) is 21.4 Å². The smallest absolute Gasteiger partial charge is 0.246 e. The summed E-state index contributed by atoms with van der Waals surface area (Å²) in [5.41, 5.74) is 0.772. The van der Waals surface area contributed by atoms with Crippen LogP contribution in [0.3, 0.4) is 0 Å². The van der Waals surface area contributed by atoms with E-state index in [1.807, 2.05) is 12.1 Å². The molecule has 4 rings (SSSR count). The molecule has 33 heavy (non-hydrogen) atoms. The van der Waals surface area contributed by atoms with Gasteiger partial charge in [-0.05, 0) is 49.2 Å². The van der Waals surface area contributed by atoms with Gasteiger partial charge >= 0.3 is 0 Å². The lowest BCUT2D eigenvalue weighted by molar-refractivity contribution is -0.136. The molecule has 0 spiro atoms. The Labute approximate surface area is 193 Å². The third-order valence-electron chi connectivity index (χ3n) is 5.68. The largest absolute Gasteiger partial charge is 0.497 e. The topological polar surface area (TPSA) is 106 Å². The zero-order valence-corrected chi connectivity index (χ0v) is 19.4. The molecule has 0 N–H and O–H groups in total. The number of piperidine rings is 1. The van der Waals surface area contributed by atoms with Crippen LogP contribution in [0.1, 0.15) is 18.7 Å². The number of methoxy groups -OCH3 is 1. The second kappa shape index (κ2) is 9.72. The van der Waals surface area contributed by atoms with Gasteiger partial charge in [-0.2, -0.15) is 9.29 Å². The summed E-state index contributed by atoms with van der Waals surface area (Å²) in [5.74, 6) is 0.884. The molecule has 1 fully saturated rings. The molecule has 0 radical (unpaired) electrons. The number of benzene rings is 2. The minimum Gasteiger partial charge on any atom is -0.497 e. The highest BCUT2D eigenvalue weighted by molar-refractivity contribution is 7.89. The lowest BCUT2D eigenvalue weighted by Gasteiger charge is -2.33. The fourth-order valence-corrected chi connectivity index (χ4v) is 5.42. The van der Waals surface area contributed by atoms with Crippen molar-refractivity contribution in [2.75, 3.05) is 27.2 Å². The zero-order chi connectivity index (χ0) is 23.4. The van der Waals surface area contributed by atoms with Crippen molar-refractivity contribution in [3.63, 3.8) is 0 Å². The van der Waals surface area contributed by atoms with Gasteiger partial charge in [0.2, 0.25) is 27.6 Å². The van der Waals surface area contributed by atoms with Crippen molar-refractivity contribution in [2.45, 2.75) is 24.3 Å². The first-order valence-corrected chi connectivity index (χ1v) is 12.1. The maximum Gasteiger partial charge on any atom is 0.246 e. The van der Waals surface area contributed by atoms with Crippen LogP contribution >= 0.6 is 0 Å². The fraction of sp³-hybridized carbons (Fsp3) is 0.348. The molecule has 1 atom stereocenters. The molecule has 1 aromatic heterocycles. The van der Waals surface area contributed by atoms with Crippen LogP contribution in [0.15, 0.2) is 64.0 Å². The Balaban J connectivity index is 1.40. The summed E-state index contributed by atoms with van der Waals surface area (Å²) in [5, 5.41) is 3.99. The van der Waals surface area contributed by atoms with Crippen LogP contribution in [0.25, 0.3) is 11.4 Å². The van der Waals surface area contributed by atoms with Gasteiger partial charge in [0.1, 0.15) is 5.75 Å². The molecule has 10 heteroatoms. The second-order valence-electron chi connectivity index (χ2n) is 7.95. The molecule has 0 bridgehead atoms. The predicted molar refractivity (Wildman–Crippen MR) is 121 cm³/mol. The number of carbonyl (C=O) groups is 1. The van der Waals surface area contributed by atoms with Gasteiger partial charge in [-0.3, -0.25) is 4.79 Å². The minimum absolute atomic E-state index is 0.143. The first kappa shape index (κ1) is 22.9. The molecule has 1 saturated heterocycles. The summed E-state index contributed by atoms with van der Waals surface area (Å²) in [4.78, 5) is 19.2. The number of hydrogen-bond donors (Lipinski definition) is 0. The third kappa shape index (κ3) is 5.07. The Morgan fingerprint density at radius 1 is 1.18 bits per heavy atom. The lowest BCUT2D eigenvalue weighted by atomic mass is 9.98. The number of ether oxygens (including phenoxy) is 1. The van der Waals surface area contributed by atoms with Crippen molar-refractivity contribution in [3.8, 4) is 17.1 Å². The quantitative estimate of drug-likeness (QED) is 0.523. The molecule has 2 aromatic carbocycles. The van der Waals surface area contributed by atoms with E-state index in [4.69, 9.17) is 9.26 Å². The Morgan fingerprint density at radius 3 is 2.61 bits per heavy atom. The summed E-state index contributed by atoms with van der Waals surface area (Å²) in [6, 6.07) is 15.6. The number of amides is 1. The SMILES string of the molecule is COc1ccc(-c2noc(CN(C)C(=O)[C@H]3CCCN(S(=O)(=O)c4ccccc4)C3)n2)cc1. The van der Waals surface area contributed by atoms with Crippen molar-refractivity contribution in [2.24, 2.45) is 5.92 Å². The summed E-state index contributed by atoms with van der Waals surface area (Å²) in [6.07, 6.45) is 1.25. The molecule has 3 aromatic rings. The van der Waals surface area contributed by atoms with Gasteiger partial charge in [-0.15, -0.1) is 0 Å². The maximum absolute atomic E-state index is 13.1. The Morgan fingerprint density at radius 2 is 1.91 bits per heavy atom. The molecule has 1 aliphatic heterocycles. The van der Waals surface area contributed by atoms with E-state index in [1.165, 1.54) is 9.21 Å². The van der Waals surface area contributed by atoms with Crippen LogP contribution in [-0.4, -0.2) is 60.9 Å². The highest BCUT2D eigenvalue weighted by Gasteiger charge is 2.34. The summed E-state index contributed by atoms with van der Waals surface area (Å²) >= 11 is 0. The first-order chi connectivity index (χ1) is 15.9. The van der Waals surface area contributed by atoms with Crippen molar-refractivity contribution >= 4 is 15.9 Å². The molecule has 174 valence electrons. The molecule has 9 nitrogen and oxygen atoms in total. The monoisotopic (exact) mass is 470 g/mol. The fourth-order valence-electron chi connectivity index (χ4n) is 3.87. The van der Waals surface area contributed by atoms with Crippen molar-refractivity contribution in [1.82, 2.24) is 19.3 Å². The van der Waals surface area contributed by atoms with Gasteiger partial charge in [0.25, 0.3) is 0 Å². The van der Waals surface area contributed by atoms with Crippen molar-refractivity contribution < 1.29 is 22.5 Å². The number of sulfonamides is 1. The van der Waals surface area contributed by atoms with E-state index in [9.17, 15) is 13.2 Å². The maximum atomic E-state index is 13.1. The summed E-state index contributed by atoms with van der Waals surface area (Å²) < 4.78 is 37.8. The van der Waals surface area contributed by atoms with Crippen molar-refractivity contribution in [1.29, 1.82) is 0 Å². The van der Waals surface area contributed by atoms with Gasteiger partial charge < -0.3 is 14.2 Å². The molecule has 1 aliphatic rings. The highest BCUT2D eigenvalue weighted by Crippen LogP contribution is 2.25. The first-order valence-electron chi connectivity index (χ1n) is 10.7. The predicted octanol–water partition coefficient (Wildman–Crippen LogP) is 2.80. The van der Waals surface area contributed by atoms with Crippen LogP contribution in [0.5, 0.6) is 5.75 Å². The molecular formula is C23H26N4O5S. The van der Waals surface area contributed by atoms with E-state index in [1.54, 1.807) is 56.6 Å². The van der Waals surface area contributed by atoms with Gasteiger partial charge in [-0.25, -0.2) is 8.42 Å². The average molecular weight is 471 g/mol. The van der Waals surface area contributed by atoms with E-state index in [0.29, 0.717) is 31.1 Å². The van der Waals surface area contributed by atoms with Gasteiger partial charge in [0.05, 0.1) is 24.5 Å². The number of carbonyl (C=O) groups excluding carboxylic acids is 1. The molecule has 0 aliphatic carbocycles. The van der Waals surface area contributed by atoms with Gasteiger partial charge in [0, 0.05) is 25.7 Å². The third-order valence-corrected chi connectivity index (χ3v) is 7.56. The number of nitrogens with zero attached hydrogens (tertiary/aromatic N) is 4. The lowest BCUT2D eigenvalue weighted by Crippen LogP contribution is -2.45. The van der Waals surface area contributed by atoms with E-state index >= 15 is 0 Å².